The first-order chi connectivity index (χ1) is 11.3. The summed E-state index contributed by atoms with van der Waals surface area (Å²) in [6, 6.07) is 19.0. The number of anilines is 1. The highest BCUT2D eigenvalue weighted by Crippen LogP contribution is 2.37. The zero-order valence-corrected chi connectivity index (χ0v) is 12.9. The van der Waals surface area contributed by atoms with Gasteiger partial charge < -0.3 is 10.1 Å². The van der Waals surface area contributed by atoms with E-state index in [1.165, 1.54) is 11.1 Å². The highest BCUT2D eigenvalue weighted by molar-refractivity contribution is 5.39. The number of ether oxygens (including phenoxy) is 1. The number of aromatic nitrogens is 3. The highest BCUT2D eigenvalue weighted by atomic mass is 16.5. The second-order valence-electron chi connectivity index (χ2n) is 5.66. The molecule has 0 bridgehead atoms. The van der Waals surface area contributed by atoms with Gasteiger partial charge in [0.25, 0.3) is 0 Å². The maximum atomic E-state index is 5.24. The van der Waals surface area contributed by atoms with Gasteiger partial charge in [0.2, 0.25) is 5.95 Å². The topological polar surface area (TPSA) is 52.0 Å². The van der Waals surface area contributed by atoms with Gasteiger partial charge in [0, 0.05) is 0 Å². The number of methoxy groups -OCH3 is 1. The van der Waals surface area contributed by atoms with Crippen LogP contribution in [-0.2, 0) is 0 Å². The number of nitrogens with one attached hydrogen (secondary N) is 1. The molecule has 2 heterocycles. The van der Waals surface area contributed by atoms with Gasteiger partial charge >= 0.3 is 0 Å². The van der Waals surface area contributed by atoms with Crippen LogP contribution in [0.3, 0.4) is 0 Å². The maximum absolute atomic E-state index is 5.24. The molecule has 5 heteroatoms. The molecule has 0 fully saturated rings. The van der Waals surface area contributed by atoms with Crippen molar-refractivity contribution in [2.45, 2.75) is 18.5 Å². The molecule has 0 amide bonds. The lowest BCUT2D eigenvalue weighted by molar-refractivity contribution is 0.413. The summed E-state index contributed by atoms with van der Waals surface area (Å²) in [5, 5.41) is 7.87. The zero-order valence-electron chi connectivity index (χ0n) is 12.9. The lowest BCUT2D eigenvalue weighted by Crippen LogP contribution is -2.28. The van der Waals surface area contributed by atoms with Crippen molar-refractivity contribution >= 4 is 5.95 Å². The minimum absolute atomic E-state index is 0.182. The predicted molar refractivity (Wildman–Crippen MR) is 88.6 cm³/mol. The number of rotatable bonds is 3. The van der Waals surface area contributed by atoms with E-state index in [1.54, 1.807) is 13.4 Å². The Morgan fingerprint density at radius 2 is 1.83 bits per heavy atom. The largest absolute Gasteiger partial charge is 0.497 e. The summed E-state index contributed by atoms with van der Waals surface area (Å²) in [5.74, 6) is 1.68. The molecule has 0 aliphatic carbocycles. The van der Waals surface area contributed by atoms with Crippen LogP contribution in [0.4, 0.5) is 5.95 Å². The highest BCUT2D eigenvalue weighted by Gasteiger charge is 2.29. The quantitative estimate of drug-likeness (QED) is 0.805. The van der Waals surface area contributed by atoms with Crippen LogP contribution in [-0.4, -0.2) is 21.9 Å². The Morgan fingerprint density at radius 3 is 2.57 bits per heavy atom. The Morgan fingerprint density at radius 1 is 1.04 bits per heavy atom. The van der Waals surface area contributed by atoms with Crippen molar-refractivity contribution in [1.29, 1.82) is 0 Å². The number of hydrogen-bond acceptors (Lipinski definition) is 4. The van der Waals surface area contributed by atoms with Crippen LogP contribution in [0.5, 0.6) is 5.75 Å². The van der Waals surface area contributed by atoms with Crippen molar-refractivity contribution in [3.63, 3.8) is 0 Å². The minimum Gasteiger partial charge on any atom is -0.497 e. The molecule has 116 valence electrons. The summed E-state index contributed by atoms with van der Waals surface area (Å²) in [4.78, 5) is 4.36. The molecule has 0 saturated carbocycles. The fourth-order valence-corrected chi connectivity index (χ4v) is 3.13. The molecule has 23 heavy (non-hydrogen) atoms. The average Bonchev–Trinajstić information content (AvgIpc) is 3.10. The van der Waals surface area contributed by atoms with Gasteiger partial charge in [-0.2, -0.15) is 10.1 Å². The lowest BCUT2D eigenvalue weighted by atomic mass is 9.93. The fourth-order valence-electron chi connectivity index (χ4n) is 3.13. The summed E-state index contributed by atoms with van der Waals surface area (Å²) in [7, 11) is 1.68. The summed E-state index contributed by atoms with van der Waals surface area (Å²) in [5.41, 5.74) is 2.47. The molecule has 0 radical (unpaired) electrons. The molecule has 2 atom stereocenters. The standard InChI is InChI=1S/C18H18N4O/c1-23-15-9-7-13(8-10-15)16-11-17(14-5-3-2-4-6-14)22-18(21-16)19-12-20-22/h2-10,12,16-17H,11H2,1H3,(H,19,20,21). The molecule has 1 aromatic heterocycles. The van der Waals surface area contributed by atoms with E-state index in [-0.39, 0.29) is 12.1 Å². The number of benzene rings is 2. The Labute approximate surface area is 134 Å². The number of fused-ring (bicyclic) bond motifs is 1. The SMILES string of the molecule is COc1ccc(C2CC(c3ccccc3)n3ncnc3N2)cc1. The molecule has 5 nitrogen and oxygen atoms in total. The van der Waals surface area contributed by atoms with Crippen molar-refractivity contribution in [3.05, 3.63) is 72.1 Å². The van der Waals surface area contributed by atoms with E-state index in [4.69, 9.17) is 4.74 Å². The smallest absolute Gasteiger partial charge is 0.222 e. The Kier molecular flexibility index (Phi) is 3.46. The third-order valence-corrected chi connectivity index (χ3v) is 4.33. The van der Waals surface area contributed by atoms with Crippen LogP contribution in [0.15, 0.2) is 60.9 Å². The molecular weight excluding hydrogens is 288 g/mol. The molecule has 3 aromatic rings. The van der Waals surface area contributed by atoms with Gasteiger partial charge in [-0.1, -0.05) is 42.5 Å². The van der Waals surface area contributed by atoms with Gasteiger partial charge in [-0.25, -0.2) is 4.68 Å². The van der Waals surface area contributed by atoms with Crippen molar-refractivity contribution in [3.8, 4) is 5.75 Å². The molecule has 1 aliphatic rings. The Bertz CT molecular complexity index is 782. The van der Waals surface area contributed by atoms with E-state index >= 15 is 0 Å². The van der Waals surface area contributed by atoms with Gasteiger partial charge in [-0.05, 0) is 29.7 Å². The predicted octanol–water partition coefficient (Wildman–Crippen LogP) is 3.43. The van der Waals surface area contributed by atoms with E-state index in [2.05, 4.69) is 51.8 Å². The Hall–Kier alpha value is -2.82. The maximum Gasteiger partial charge on any atom is 0.222 e. The van der Waals surface area contributed by atoms with Crippen molar-refractivity contribution in [2.75, 3.05) is 12.4 Å². The second-order valence-corrected chi connectivity index (χ2v) is 5.66. The third kappa shape index (κ3) is 2.54. The van der Waals surface area contributed by atoms with Crippen LogP contribution in [0.25, 0.3) is 0 Å². The van der Waals surface area contributed by atoms with Crippen LogP contribution in [0, 0.1) is 0 Å². The second kappa shape index (κ2) is 5.76. The zero-order chi connectivity index (χ0) is 15.6. The molecule has 1 aliphatic heterocycles. The fraction of sp³-hybridized carbons (Fsp3) is 0.222. The molecule has 1 N–H and O–H groups in total. The van der Waals surface area contributed by atoms with Gasteiger partial charge in [0.05, 0.1) is 19.2 Å². The van der Waals surface area contributed by atoms with Crippen LogP contribution < -0.4 is 10.1 Å². The average molecular weight is 306 g/mol. The first kappa shape index (κ1) is 13.8. The molecule has 2 aromatic carbocycles. The molecule has 2 unspecified atom stereocenters. The van der Waals surface area contributed by atoms with Gasteiger partial charge in [-0.15, -0.1) is 0 Å². The van der Waals surface area contributed by atoms with E-state index in [9.17, 15) is 0 Å². The first-order valence-corrected chi connectivity index (χ1v) is 7.70. The monoisotopic (exact) mass is 306 g/mol. The van der Waals surface area contributed by atoms with E-state index < -0.39 is 0 Å². The minimum atomic E-state index is 0.182. The van der Waals surface area contributed by atoms with Crippen LogP contribution >= 0.6 is 0 Å². The van der Waals surface area contributed by atoms with E-state index in [0.717, 1.165) is 18.1 Å². The van der Waals surface area contributed by atoms with Gasteiger partial charge in [0.15, 0.2) is 0 Å². The number of nitrogens with zero attached hydrogens (tertiary/aromatic N) is 3. The van der Waals surface area contributed by atoms with E-state index in [0.29, 0.717) is 0 Å². The molecule has 4 rings (SSSR count). The van der Waals surface area contributed by atoms with Crippen LogP contribution in [0.2, 0.25) is 0 Å². The Balaban J connectivity index is 1.69. The van der Waals surface area contributed by atoms with Gasteiger partial charge in [-0.3, -0.25) is 0 Å². The van der Waals surface area contributed by atoms with Crippen molar-refractivity contribution < 1.29 is 4.74 Å². The van der Waals surface area contributed by atoms with Gasteiger partial charge in [0.1, 0.15) is 12.1 Å². The molecular formula is C18H18N4O. The molecule has 0 spiro atoms. The van der Waals surface area contributed by atoms with Crippen molar-refractivity contribution in [1.82, 2.24) is 14.8 Å². The summed E-state index contributed by atoms with van der Waals surface area (Å²) >= 11 is 0. The van der Waals surface area contributed by atoms with E-state index in [1.807, 2.05) is 22.9 Å². The lowest BCUT2D eigenvalue weighted by Gasteiger charge is -2.31. The third-order valence-electron chi connectivity index (χ3n) is 4.33. The normalized spacial score (nSPS) is 19.7. The van der Waals surface area contributed by atoms with Crippen LogP contribution in [0.1, 0.15) is 29.6 Å². The molecule has 0 saturated heterocycles. The number of hydrogen-bond donors (Lipinski definition) is 1. The summed E-state index contributed by atoms with van der Waals surface area (Å²) < 4.78 is 7.21. The first-order valence-electron chi connectivity index (χ1n) is 7.70. The summed E-state index contributed by atoms with van der Waals surface area (Å²) in [6.07, 6.45) is 2.53. The summed E-state index contributed by atoms with van der Waals surface area (Å²) in [6.45, 7) is 0. The van der Waals surface area contributed by atoms with Crippen molar-refractivity contribution in [2.24, 2.45) is 0 Å².